The van der Waals surface area contributed by atoms with E-state index in [2.05, 4.69) is 0 Å². The van der Waals surface area contributed by atoms with E-state index in [-0.39, 0.29) is 5.82 Å². The van der Waals surface area contributed by atoms with Crippen molar-refractivity contribution in [2.45, 2.75) is 32.1 Å². The summed E-state index contributed by atoms with van der Waals surface area (Å²) in [5.74, 6) is -0.150. The smallest absolute Gasteiger partial charge is 0.123 e. The fraction of sp³-hybridized carbons (Fsp3) is 0.357. The average Bonchev–Trinajstić information content (AvgIpc) is 2.84. The summed E-state index contributed by atoms with van der Waals surface area (Å²) in [6, 6.07) is 5.01. The van der Waals surface area contributed by atoms with Crippen LogP contribution in [-0.4, -0.2) is 9.78 Å². The number of benzene rings is 1. The minimum Gasteiger partial charge on any atom is -0.237 e. The lowest BCUT2D eigenvalue weighted by Gasteiger charge is -2.09. The van der Waals surface area contributed by atoms with E-state index in [1.165, 1.54) is 35.9 Å². The second kappa shape index (κ2) is 3.19. The van der Waals surface area contributed by atoms with Crippen LogP contribution in [0.1, 0.15) is 35.4 Å². The summed E-state index contributed by atoms with van der Waals surface area (Å²) in [5, 5.41) is 4.70. The lowest BCUT2D eigenvalue weighted by atomic mass is 9.94. The van der Waals surface area contributed by atoms with Gasteiger partial charge in [-0.1, -0.05) is 0 Å². The highest BCUT2D eigenvalue weighted by atomic mass is 19.1. The molecule has 1 aromatic carbocycles. The Balaban J connectivity index is 1.93. The molecule has 0 radical (unpaired) electrons. The number of rotatable bonds is 0. The highest BCUT2D eigenvalue weighted by Gasteiger charge is 2.27. The maximum Gasteiger partial charge on any atom is 0.123 e. The Morgan fingerprint density at radius 3 is 3.00 bits per heavy atom. The molecule has 0 atom stereocenters. The molecule has 2 heterocycles. The molecule has 2 aliphatic rings. The standard InChI is InChI=1S/C14H13FN2/c15-10-5-6-13-9(7-10)8-14-11-3-1-2-4-12(11)16-17(13)14/h5-7H,1-4,8H2. The summed E-state index contributed by atoms with van der Waals surface area (Å²) in [5.41, 5.74) is 6.12. The molecule has 4 rings (SSSR count). The first-order chi connectivity index (χ1) is 8.33. The van der Waals surface area contributed by atoms with E-state index in [0.29, 0.717) is 0 Å². The predicted octanol–water partition coefficient (Wildman–Crippen LogP) is 2.79. The van der Waals surface area contributed by atoms with Gasteiger partial charge in [-0.25, -0.2) is 9.07 Å². The van der Waals surface area contributed by atoms with Gasteiger partial charge in [0, 0.05) is 6.42 Å². The summed E-state index contributed by atoms with van der Waals surface area (Å²) in [7, 11) is 0. The SMILES string of the molecule is Fc1ccc2c(c1)Cc1c3c(nn1-2)CCCC3. The minimum atomic E-state index is -0.150. The molecule has 1 aliphatic carbocycles. The van der Waals surface area contributed by atoms with Gasteiger partial charge < -0.3 is 0 Å². The van der Waals surface area contributed by atoms with Crippen molar-refractivity contribution in [3.05, 3.63) is 46.5 Å². The van der Waals surface area contributed by atoms with Crippen LogP contribution < -0.4 is 0 Å². The molecular weight excluding hydrogens is 215 g/mol. The lowest BCUT2D eigenvalue weighted by Crippen LogP contribution is -2.02. The van der Waals surface area contributed by atoms with Crippen LogP contribution in [0.5, 0.6) is 0 Å². The van der Waals surface area contributed by atoms with Crippen molar-refractivity contribution in [1.29, 1.82) is 0 Å². The first-order valence-corrected chi connectivity index (χ1v) is 6.21. The van der Waals surface area contributed by atoms with Crippen molar-refractivity contribution >= 4 is 0 Å². The fourth-order valence-corrected chi connectivity index (χ4v) is 3.08. The zero-order chi connectivity index (χ0) is 11.4. The molecule has 1 aliphatic heterocycles. The molecule has 17 heavy (non-hydrogen) atoms. The largest absolute Gasteiger partial charge is 0.237 e. The van der Waals surface area contributed by atoms with Crippen LogP contribution in [0, 0.1) is 5.82 Å². The Morgan fingerprint density at radius 2 is 2.06 bits per heavy atom. The van der Waals surface area contributed by atoms with Crippen LogP contribution >= 0.6 is 0 Å². The highest BCUT2D eigenvalue weighted by molar-refractivity contribution is 5.52. The molecule has 0 spiro atoms. The van der Waals surface area contributed by atoms with E-state index in [1.54, 1.807) is 6.07 Å². The number of aryl methyl sites for hydroxylation is 1. The summed E-state index contributed by atoms with van der Waals surface area (Å²) < 4.78 is 15.2. The summed E-state index contributed by atoms with van der Waals surface area (Å²) in [6.07, 6.45) is 5.60. The Kier molecular flexibility index (Phi) is 1.76. The summed E-state index contributed by atoms with van der Waals surface area (Å²) in [6.45, 7) is 0. The van der Waals surface area contributed by atoms with Crippen LogP contribution in [0.25, 0.3) is 5.69 Å². The Morgan fingerprint density at radius 1 is 1.18 bits per heavy atom. The first-order valence-electron chi connectivity index (χ1n) is 6.21. The van der Waals surface area contributed by atoms with Gasteiger partial charge in [-0.2, -0.15) is 5.10 Å². The molecule has 3 heteroatoms. The Bertz CT molecular complexity index is 613. The molecule has 0 saturated heterocycles. The average molecular weight is 228 g/mol. The van der Waals surface area contributed by atoms with Crippen LogP contribution in [0.15, 0.2) is 18.2 Å². The molecule has 0 fully saturated rings. The number of nitrogens with zero attached hydrogens (tertiary/aromatic N) is 2. The Hall–Kier alpha value is -1.64. The molecule has 86 valence electrons. The van der Waals surface area contributed by atoms with Gasteiger partial charge in [0.1, 0.15) is 5.82 Å². The van der Waals surface area contributed by atoms with E-state index >= 15 is 0 Å². The zero-order valence-electron chi connectivity index (χ0n) is 9.54. The molecule has 0 saturated carbocycles. The monoisotopic (exact) mass is 228 g/mol. The van der Waals surface area contributed by atoms with Gasteiger partial charge in [0.25, 0.3) is 0 Å². The number of halogens is 1. The first kappa shape index (κ1) is 9.40. The maximum atomic E-state index is 13.2. The third kappa shape index (κ3) is 1.22. The molecule has 2 nitrogen and oxygen atoms in total. The van der Waals surface area contributed by atoms with Gasteiger partial charge in [-0.3, -0.25) is 0 Å². The normalized spacial score (nSPS) is 16.5. The van der Waals surface area contributed by atoms with Crippen molar-refractivity contribution in [3.8, 4) is 5.69 Å². The van der Waals surface area contributed by atoms with Crippen LogP contribution in [0.2, 0.25) is 0 Å². The highest BCUT2D eigenvalue weighted by Crippen LogP contribution is 2.34. The van der Waals surface area contributed by atoms with Crippen molar-refractivity contribution in [2.24, 2.45) is 0 Å². The van der Waals surface area contributed by atoms with Gasteiger partial charge >= 0.3 is 0 Å². The number of aromatic nitrogens is 2. The summed E-state index contributed by atoms with van der Waals surface area (Å²) in [4.78, 5) is 0. The number of hydrogen-bond acceptors (Lipinski definition) is 1. The van der Waals surface area contributed by atoms with Crippen LogP contribution in [0.3, 0.4) is 0 Å². The van der Waals surface area contributed by atoms with E-state index in [1.807, 2.05) is 10.7 Å². The lowest BCUT2D eigenvalue weighted by molar-refractivity contribution is 0.625. The summed E-state index contributed by atoms with van der Waals surface area (Å²) >= 11 is 0. The van der Waals surface area contributed by atoms with Gasteiger partial charge in [0.2, 0.25) is 0 Å². The van der Waals surface area contributed by atoms with Crippen LogP contribution in [-0.2, 0) is 19.3 Å². The predicted molar refractivity (Wildman–Crippen MR) is 63.0 cm³/mol. The maximum absolute atomic E-state index is 13.2. The minimum absolute atomic E-state index is 0.150. The van der Waals surface area contributed by atoms with Crippen molar-refractivity contribution in [2.75, 3.05) is 0 Å². The van der Waals surface area contributed by atoms with Gasteiger partial charge in [0.15, 0.2) is 0 Å². The molecular formula is C14H13FN2. The third-order valence-electron chi connectivity index (χ3n) is 3.89. The second-order valence-electron chi connectivity index (χ2n) is 4.94. The topological polar surface area (TPSA) is 17.8 Å². The van der Waals surface area contributed by atoms with Gasteiger partial charge in [-0.05, 0) is 55.0 Å². The molecule has 0 amide bonds. The third-order valence-corrected chi connectivity index (χ3v) is 3.89. The van der Waals surface area contributed by atoms with Crippen molar-refractivity contribution in [1.82, 2.24) is 9.78 Å². The van der Waals surface area contributed by atoms with Gasteiger partial charge in [0.05, 0.1) is 17.1 Å². The Labute approximate surface area is 99.1 Å². The van der Waals surface area contributed by atoms with E-state index < -0.39 is 0 Å². The van der Waals surface area contributed by atoms with Gasteiger partial charge in [-0.15, -0.1) is 0 Å². The number of fused-ring (bicyclic) bond motifs is 5. The van der Waals surface area contributed by atoms with E-state index in [9.17, 15) is 4.39 Å². The van der Waals surface area contributed by atoms with Crippen molar-refractivity contribution in [3.63, 3.8) is 0 Å². The second-order valence-corrected chi connectivity index (χ2v) is 4.94. The molecule has 0 unspecified atom stereocenters. The quantitative estimate of drug-likeness (QED) is 0.578. The fourth-order valence-electron chi connectivity index (χ4n) is 3.08. The van der Waals surface area contributed by atoms with Crippen LogP contribution in [0.4, 0.5) is 4.39 Å². The molecule has 0 N–H and O–H groups in total. The zero-order valence-corrected chi connectivity index (χ0v) is 9.54. The van der Waals surface area contributed by atoms with E-state index in [4.69, 9.17) is 5.10 Å². The van der Waals surface area contributed by atoms with Crippen molar-refractivity contribution < 1.29 is 4.39 Å². The molecule has 2 aromatic rings. The number of hydrogen-bond donors (Lipinski definition) is 0. The molecule has 0 bridgehead atoms. The van der Waals surface area contributed by atoms with E-state index in [0.717, 1.165) is 30.5 Å². The molecule has 1 aromatic heterocycles.